The minimum Gasteiger partial charge on any atom is -0.480 e. The van der Waals surface area contributed by atoms with Crippen molar-refractivity contribution < 1.29 is 14.7 Å². The van der Waals surface area contributed by atoms with Crippen molar-refractivity contribution >= 4 is 11.9 Å². The van der Waals surface area contributed by atoms with Crippen LogP contribution >= 0.6 is 0 Å². The van der Waals surface area contributed by atoms with E-state index in [1.54, 1.807) is 0 Å². The Hall–Kier alpha value is -2.62. The fraction of sp³-hybridized carbons (Fsp3) is 0.300. The van der Waals surface area contributed by atoms with Gasteiger partial charge in [-0.25, -0.2) is 4.79 Å². The number of carboxylic acids is 1. The lowest BCUT2D eigenvalue weighted by Crippen LogP contribution is -2.41. The molecule has 1 unspecified atom stereocenters. The maximum Gasteiger partial charge on any atom is 0.326 e. The zero-order valence-corrected chi connectivity index (χ0v) is 13.8. The van der Waals surface area contributed by atoms with Gasteiger partial charge < -0.3 is 10.4 Å². The molecule has 0 aliphatic heterocycles. The van der Waals surface area contributed by atoms with Gasteiger partial charge in [-0.2, -0.15) is 0 Å². The third-order valence-corrected chi connectivity index (χ3v) is 4.00. The molecule has 1 amide bonds. The number of nitrogens with one attached hydrogen (secondary N) is 1. The summed E-state index contributed by atoms with van der Waals surface area (Å²) >= 11 is 0. The molecule has 0 saturated heterocycles. The largest absolute Gasteiger partial charge is 0.480 e. The van der Waals surface area contributed by atoms with Crippen molar-refractivity contribution in [3.05, 3.63) is 71.8 Å². The molecule has 24 heavy (non-hydrogen) atoms. The van der Waals surface area contributed by atoms with Gasteiger partial charge in [0.2, 0.25) is 5.91 Å². The molecule has 0 bridgehead atoms. The number of hydrogen-bond acceptors (Lipinski definition) is 2. The molecule has 0 spiro atoms. The molecule has 4 nitrogen and oxygen atoms in total. The van der Waals surface area contributed by atoms with Crippen molar-refractivity contribution in [2.45, 2.75) is 38.1 Å². The minimum atomic E-state index is -0.985. The molecule has 2 aromatic carbocycles. The van der Waals surface area contributed by atoms with E-state index in [9.17, 15) is 14.7 Å². The van der Waals surface area contributed by atoms with Crippen LogP contribution in [-0.4, -0.2) is 23.0 Å². The third kappa shape index (κ3) is 4.95. The number of aliphatic carboxylic acids is 1. The van der Waals surface area contributed by atoms with Crippen molar-refractivity contribution in [2.75, 3.05) is 0 Å². The highest BCUT2D eigenvalue weighted by Crippen LogP contribution is 2.27. The molecule has 0 aliphatic carbocycles. The van der Waals surface area contributed by atoms with Crippen molar-refractivity contribution in [2.24, 2.45) is 0 Å². The van der Waals surface area contributed by atoms with Crippen molar-refractivity contribution in [3.8, 4) is 0 Å². The first-order valence-corrected chi connectivity index (χ1v) is 8.24. The molecule has 2 aromatic rings. The summed E-state index contributed by atoms with van der Waals surface area (Å²) in [5.41, 5.74) is 2.09. The second-order valence-corrected chi connectivity index (χ2v) is 5.83. The van der Waals surface area contributed by atoms with Gasteiger partial charge in [-0.15, -0.1) is 0 Å². The van der Waals surface area contributed by atoms with Crippen LogP contribution in [0.3, 0.4) is 0 Å². The first-order chi connectivity index (χ1) is 11.6. The predicted octanol–water partition coefficient (Wildman–Crippen LogP) is 3.58. The first kappa shape index (κ1) is 17.7. The molecule has 0 aromatic heterocycles. The maximum atomic E-state index is 12.4. The van der Waals surface area contributed by atoms with Gasteiger partial charge in [-0.1, -0.05) is 74.0 Å². The van der Waals surface area contributed by atoms with Crippen LogP contribution in [0.1, 0.15) is 43.2 Å². The standard InChI is InChI=1S/C20H23NO3/c1-2-9-18(20(23)24)21-19(22)14-17(15-10-5-3-6-11-15)16-12-7-4-8-13-16/h3-8,10-13,17-18H,2,9,14H2,1H3,(H,21,22)(H,23,24). The highest BCUT2D eigenvalue weighted by atomic mass is 16.4. The summed E-state index contributed by atoms with van der Waals surface area (Å²) in [6.07, 6.45) is 1.36. The van der Waals surface area contributed by atoms with Crippen molar-refractivity contribution in [1.82, 2.24) is 5.32 Å². The molecule has 4 heteroatoms. The van der Waals surface area contributed by atoms with Crippen molar-refractivity contribution in [3.63, 3.8) is 0 Å². The fourth-order valence-electron chi connectivity index (χ4n) is 2.78. The summed E-state index contributed by atoms with van der Waals surface area (Å²) in [5, 5.41) is 11.9. The van der Waals surface area contributed by atoms with Gasteiger partial charge in [0.05, 0.1) is 0 Å². The summed E-state index contributed by atoms with van der Waals surface area (Å²) in [6.45, 7) is 1.90. The summed E-state index contributed by atoms with van der Waals surface area (Å²) in [6, 6.07) is 18.8. The topological polar surface area (TPSA) is 66.4 Å². The molecule has 126 valence electrons. The van der Waals surface area contributed by atoms with Crippen LogP contribution in [0.5, 0.6) is 0 Å². The molecular formula is C20H23NO3. The lowest BCUT2D eigenvalue weighted by Gasteiger charge is -2.20. The Morgan fingerprint density at radius 1 is 0.958 bits per heavy atom. The van der Waals surface area contributed by atoms with Crippen molar-refractivity contribution in [1.29, 1.82) is 0 Å². The lowest BCUT2D eigenvalue weighted by atomic mass is 9.88. The summed E-state index contributed by atoms with van der Waals surface area (Å²) < 4.78 is 0. The van der Waals surface area contributed by atoms with E-state index in [1.165, 1.54) is 0 Å². The van der Waals surface area contributed by atoms with E-state index < -0.39 is 12.0 Å². The van der Waals surface area contributed by atoms with Crippen LogP contribution in [0.15, 0.2) is 60.7 Å². The normalized spacial score (nSPS) is 11.9. The van der Waals surface area contributed by atoms with E-state index >= 15 is 0 Å². The molecule has 1 atom stereocenters. The molecule has 0 heterocycles. The summed E-state index contributed by atoms with van der Waals surface area (Å²) in [5.74, 6) is -1.32. The minimum absolute atomic E-state index is 0.0940. The lowest BCUT2D eigenvalue weighted by molar-refractivity contribution is -0.142. The van der Waals surface area contributed by atoms with E-state index in [2.05, 4.69) is 5.32 Å². The number of amides is 1. The van der Waals surface area contributed by atoms with Crippen LogP contribution in [0.25, 0.3) is 0 Å². The quantitative estimate of drug-likeness (QED) is 0.779. The molecule has 0 fully saturated rings. The Morgan fingerprint density at radius 2 is 1.46 bits per heavy atom. The van der Waals surface area contributed by atoms with E-state index in [0.717, 1.165) is 11.1 Å². The second-order valence-electron chi connectivity index (χ2n) is 5.83. The molecule has 0 saturated carbocycles. The van der Waals surface area contributed by atoms with Crippen LogP contribution in [0, 0.1) is 0 Å². The number of benzene rings is 2. The zero-order chi connectivity index (χ0) is 17.4. The van der Waals surface area contributed by atoms with Gasteiger partial charge in [-0.05, 0) is 17.5 Å². The van der Waals surface area contributed by atoms with Crippen LogP contribution in [0.2, 0.25) is 0 Å². The van der Waals surface area contributed by atoms with E-state index in [0.29, 0.717) is 12.8 Å². The van der Waals surface area contributed by atoms with Gasteiger partial charge >= 0.3 is 5.97 Å². The summed E-state index contributed by atoms with van der Waals surface area (Å²) in [4.78, 5) is 23.7. The van der Waals surface area contributed by atoms with E-state index in [4.69, 9.17) is 0 Å². The highest BCUT2D eigenvalue weighted by molar-refractivity contribution is 5.84. The van der Waals surface area contributed by atoms with Gasteiger partial charge in [0.1, 0.15) is 6.04 Å². The molecule has 2 N–H and O–H groups in total. The van der Waals surface area contributed by atoms with Gasteiger partial charge in [0, 0.05) is 12.3 Å². The Morgan fingerprint density at radius 3 is 1.88 bits per heavy atom. The average Bonchev–Trinajstić information content (AvgIpc) is 2.60. The molecular weight excluding hydrogens is 302 g/mol. The van der Waals surface area contributed by atoms with Crippen LogP contribution in [0.4, 0.5) is 0 Å². The van der Waals surface area contributed by atoms with Gasteiger partial charge in [-0.3, -0.25) is 4.79 Å². The second kappa shape index (κ2) is 8.87. The first-order valence-electron chi connectivity index (χ1n) is 8.24. The molecule has 2 rings (SSSR count). The SMILES string of the molecule is CCCC(NC(=O)CC(c1ccccc1)c1ccccc1)C(=O)O. The Kier molecular flexibility index (Phi) is 6.55. The van der Waals surface area contributed by atoms with Gasteiger partial charge in [0.15, 0.2) is 0 Å². The number of carbonyl (C=O) groups excluding carboxylic acids is 1. The predicted molar refractivity (Wildman–Crippen MR) is 93.8 cm³/mol. The van der Waals surface area contributed by atoms with Crippen LogP contribution < -0.4 is 5.32 Å². The van der Waals surface area contributed by atoms with Crippen LogP contribution in [-0.2, 0) is 9.59 Å². The molecule has 0 aliphatic rings. The number of hydrogen-bond donors (Lipinski definition) is 2. The van der Waals surface area contributed by atoms with E-state index in [1.807, 2.05) is 67.6 Å². The van der Waals surface area contributed by atoms with Gasteiger partial charge in [0.25, 0.3) is 0 Å². The zero-order valence-electron chi connectivity index (χ0n) is 13.8. The molecule has 0 radical (unpaired) electrons. The number of carbonyl (C=O) groups is 2. The number of carboxylic acid groups (broad SMARTS) is 1. The average molecular weight is 325 g/mol. The maximum absolute atomic E-state index is 12.4. The monoisotopic (exact) mass is 325 g/mol. The summed E-state index contributed by atoms with van der Waals surface area (Å²) in [7, 11) is 0. The number of rotatable bonds is 8. The Balaban J connectivity index is 2.17. The Bertz CT molecular complexity index is 616. The third-order valence-electron chi connectivity index (χ3n) is 4.00. The Labute approximate surface area is 142 Å². The van der Waals surface area contributed by atoms with E-state index in [-0.39, 0.29) is 18.2 Å². The smallest absolute Gasteiger partial charge is 0.326 e. The highest BCUT2D eigenvalue weighted by Gasteiger charge is 2.22. The fourth-order valence-corrected chi connectivity index (χ4v) is 2.78.